The Labute approximate surface area is 118 Å². The van der Waals surface area contributed by atoms with Gasteiger partial charge in [0.1, 0.15) is 5.60 Å². The van der Waals surface area contributed by atoms with Crippen LogP contribution in [0.4, 0.5) is 10.5 Å². The fourth-order valence-corrected chi connectivity index (χ4v) is 2.19. The lowest BCUT2D eigenvalue weighted by Crippen LogP contribution is -2.35. The van der Waals surface area contributed by atoms with Crippen molar-refractivity contribution in [3.8, 4) is 0 Å². The number of rotatable bonds is 1. The van der Waals surface area contributed by atoms with Crippen LogP contribution < -0.4 is 10.2 Å². The number of nitrogens with zero attached hydrogens (tertiary/aromatic N) is 1. The molecule has 0 fully saturated rings. The molecule has 1 aliphatic heterocycles. The average Bonchev–Trinajstić information content (AvgIpc) is 2.78. The van der Waals surface area contributed by atoms with E-state index in [9.17, 15) is 9.59 Å². The lowest BCUT2D eigenvalue weighted by Gasteiger charge is -2.24. The molecule has 0 atom stereocenters. The van der Waals surface area contributed by atoms with Crippen LogP contribution in [0.1, 0.15) is 36.7 Å². The van der Waals surface area contributed by atoms with Crippen molar-refractivity contribution in [2.75, 3.05) is 18.5 Å². The summed E-state index contributed by atoms with van der Waals surface area (Å²) < 4.78 is 5.39. The zero-order valence-electron chi connectivity index (χ0n) is 12.3. The highest BCUT2D eigenvalue weighted by atomic mass is 16.6. The number of hydrogen-bond acceptors (Lipinski definition) is 3. The lowest BCUT2D eigenvalue weighted by atomic mass is 10.1. The highest BCUT2D eigenvalue weighted by molar-refractivity contribution is 5.96. The van der Waals surface area contributed by atoms with E-state index in [4.69, 9.17) is 4.74 Å². The minimum absolute atomic E-state index is 0.122. The minimum Gasteiger partial charge on any atom is -0.443 e. The Hall–Kier alpha value is -2.04. The van der Waals surface area contributed by atoms with Crippen LogP contribution >= 0.6 is 0 Å². The number of ether oxygens (including phenoxy) is 1. The van der Waals surface area contributed by atoms with Crippen molar-refractivity contribution in [1.82, 2.24) is 5.32 Å². The zero-order chi connectivity index (χ0) is 14.9. The van der Waals surface area contributed by atoms with E-state index in [2.05, 4.69) is 5.32 Å². The molecule has 0 spiro atoms. The molecule has 1 heterocycles. The smallest absolute Gasteiger partial charge is 0.414 e. The molecule has 2 rings (SSSR count). The van der Waals surface area contributed by atoms with Crippen molar-refractivity contribution < 1.29 is 14.3 Å². The average molecular weight is 276 g/mol. The normalized spacial score (nSPS) is 13.9. The lowest BCUT2D eigenvalue weighted by molar-refractivity contribution is 0.0584. The summed E-state index contributed by atoms with van der Waals surface area (Å²) in [7, 11) is 1.60. The van der Waals surface area contributed by atoms with E-state index < -0.39 is 5.60 Å². The summed E-state index contributed by atoms with van der Waals surface area (Å²) in [6, 6.07) is 5.36. The van der Waals surface area contributed by atoms with Crippen molar-refractivity contribution in [3.63, 3.8) is 0 Å². The summed E-state index contributed by atoms with van der Waals surface area (Å²) in [5, 5.41) is 2.59. The van der Waals surface area contributed by atoms with Gasteiger partial charge in [-0.25, -0.2) is 4.79 Å². The summed E-state index contributed by atoms with van der Waals surface area (Å²) in [6.07, 6.45) is 0.392. The molecule has 0 saturated heterocycles. The first-order chi connectivity index (χ1) is 9.31. The Morgan fingerprint density at radius 3 is 2.60 bits per heavy atom. The molecule has 0 radical (unpaired) electrons. The third-order valence-electron chi connectivity index (χ3n) is 3.08. The first-order valence-corrected chi connectivity index (χ1v) is 6.67. The van der Waals surface area contributed by atoms with Gasteiger partial charge in [0.15, 0.2) is 0 Å². The highest BCUT2D eigenvalue weighted by Crippen LogP contribution is 2.30. The molecular formula is C15H20N2O3. The van der Waals surface area contributed by atoms with E-state index in [1.807, 2.05) is 26.8 Å². The zero-order valence-corrected chi connectivity index (χ0v) is 12.3. The molecule has 20 heavy (non-hydrogen) atoms. The second kappa shape index (κ2) is 5.15. The second-order valence-corrected chi connectivity index (χ2v) is 5.80. The van der Waals surface area contributed by atoms with Crippen molar-refractivity contribution in [3.05, 3.63) is 29.3 Å². The molecule has 108 valence electrons. The molecule has 5 heteroatoms. The number of hydrogen-bond donors (Lipinski definition) is 1. The van der Waals surface area contributed by atoms with Crippen LogP contribution in [0, 0.1) is 0 Å². The number of fused-ring (bicyclic) bond motifs is 1. The number of nitrogens with one attached hydrogen (secondary N) is 1. The van der Waals surface area contributed by atoms with Gasteiger partial charge in [0.25, 0.3) is 5.91 Å². The number of carbonyl (C=O) groups is 2. The van der Waals surface area contributed by atoms with Gasteiger partial charge in [0.05, 0.1) is 5.69 Å². The summed E-state index contributed by atoms with van der Waals surface area (Å²) in [6.45, 7) is 6.12. The van der Waals surface area contributed by atoms with Crippen LogP contribution in [-0.2, 0) is 11.2 Å². The Morgan fingerprint density at radius 1 is 1.30 bits per heavy atom. The fraction of sp³-hybridized carbons (Fsp3) is 0.467. The molecule has 0 aromatic heterocycles. The molecule has 0 unspecified atom stereocenters. The first-order valence-electron chi connectivity index (χ1n) is 6.67. The number of amides is 2. The maximum Gasteiger partial charge on any atom is 0.414 e. The van der Waals surface area contributed by atoms with E-state index in [0.717, 1.165) is 17.7 Å². The summed E-state index contributed by atoms with van der Waals surface area (Å²) in [5.41, 5.74) is 1.92. The molecule has 0 bridgehead atoms. The molecule has 0 saturated carbocycles. The van der Waals surface area contributed by atoms with Gasteiger partial charge in [-0.2, -0.15) is 0 Å². The SMILES string of the molecule is CNC(=O)c1ccc2c(c1)CCN2C(=O)OC(C)(C)C. The molecular weight excluding hydrogens is 256 g/mol. The first kappa shape index (κ1) is 14.4. The molecule has 0 aliphatic carbocycles. The highest BCUT2D eigenvalue weighted by Gasteiger charge is 2.29. The Morgan fingerprint density at radius 2 is 2.00 bits per heavy atom. The predicted octanol–water partition coefficient (Wildman–Crippen LogP) is 2.34. The van der Waals surface area contributed by atoms with Gasteiger partial charge >= 0.3 is 6.09 Å². The quantitative estimate of drug-likeness (QED) is 0.856. The van der Waals surface area contributed by atoms with Crippen LogP contribution in [0.25, 0.3) is 0 Å². The van der Waals surface area contributed by atoms with Crippen LogP contribution in [0.3, 0.4) is 0 Å². The number of carbonyl (C=O) groups excluding carboxylic acids is 2. The predicted molar refractivity (Wildman–Crippen MR) is 77.1 cm³/mol. The van der Waals surface area contributed by atoms with E-state index in [1.165, 1.54) is 0 Å². The van der Waals surface area contributed by atoms with E-state index in [1.54, 1.807) is 24.1 Å². The summed E-state index contributed by atoms with van der Waals surface area (Å²) >= 11 is 0. The number of anilines is 1. The molecule has 1 aliphatic rings. The third kappa shape index (κ3) is 2.92. The van der Waals surface area contributed by atoms with Crippen molar-refractivity contribution in [2.24, 2.45) is 0 Å². The van der Waals surface area contributed by atoms with Gasteiger partial charge in [-0.1, -0.05) is 0 Å². The summed E-state index contributed by atoms with van der Waals surface area (Å²) in [4.78, 5) is 25.3. The molecule has 5 nitrogen and oxygen atoms in total. The van der Waals surface area contributed by atoms with E-state index in [-0.39, 0.29) is 12.0 Å². The Balaban J connectivity index is 2.21. The van der Waals surface area contributed by atoms with Gasteiger partial charge in [-0.15, -0.1) is 0 Å². The van der Waals surface area contributed by atoms with Gasteiger partial charge in [-0.3, -0.25) is 9.69 Å². The van der Waals surface area contributed by atoms with E-state index in [0.29, 0.717) is 12.1 Å². The monoisotopic (exact) mass is 276 g/mol. The topological polar surface area (TPSA) is 58.6 Å². The molecule has 1 aromatic rings. The third-order valence-corrected chi connectivity index (χ3v) is 3.08. The maximum atomic E-state index is 12.1. The van der Waals surface area contributed by atoms with Gasteiger partial charge in [-0.05, 0) is 51.0 Å². The standard InChI is InChI=1S/C15H20N2O3/c1-15(2,3)20-14(19)17-8-7-10-9-11(13(18)16-4)5-6-12(10)17/h5-6,9H,7-8H2,1-4H3,(H,16,18). The van der Waals surface area contributed by atoms with Gasteiger partial charge in [0.2, 0.25) is 0 Å². The molecule has 1 aromatic carbocycles. The maximum absolute atomic E-state index is 12.1. The van der Waals surface area contributed by atoms with Crippen LogP contribution in [0.5, 0.6) is 0 Å². The molecule has 1 N–H and O–H groups in total. The second-order valence-electron chi connectivity index (χ2n) is 5.80. The van der Waals surface area contributed by atoms with Crippen molar-refractivity contribution in [2.45, 2.75) is 32.8 Å². The van der Waals surface area contributed by atoms with Crippen molar-refractivity contribution >= 4 is 17.7 Å². The van der Waals surface area contributed by atoms with Crippen molar-refractivity contribution in [1.29, 1.82) is 0 Å². The minimum atomic E-state index is -0.512. The Kier molecular flexibility index (Phi) is 3.70. The van der Waals surface area contributed by atoms with Crippen LogP contribution in [0.2, 0.25) is 0 Å². The largest absolute Gasteiger partial charge is 0.443 e. The molecule has 2 amide bonds. The van der Waals surface area contributed by atoms with E-state index >= 15 is 0 Å². The number of benzene rings is 1. The fourth-order valence-electron chi connectivity index (χ4n) is 2.19. The van der Waals surface area contributed by atoms with Gasteiger partial charge < -0.3 is 10.1 Å². The van der Waals surface area contributed by atoms with Crippen LogP contribution in [-0.4, -0.2) is 31.2 Å². The van der Waals surface area contributed by atoms with Crippen LogP contribution in [0.15, 0.2) is 18.2 Å². The van der Waals surface area contributed by atoms with Gasteiger partial charge in [0, 0.05) is 19.2 Å². The summed E-state index contributed by atoms with van der Waals surface area (Å²) in [5.74, 6) is -0.122. The Bertz CT molecular complexity index is 547.